The normalized spacial score (nSPS) is 12.2. The summed E-state index contributed by atoms with van der Waals surface area (Å²) in [6.45, 7) is 1.42. The summed E-state index contributed by atoms with van der Waals surface area (Å²) < 4.78 is 79.1. The summed E-state index contributed by atoms with van der Waals surface area (Å²) >= 11 is 0. The van der Waals surface area contributed by atoms with Gasteiger partial charge in [-0.25, -0.2) is 4.39 Å². The van der Waals surface area contributed by atoms with Crippen LogP contribution in [-0.2, 0) is 16.3 Å². The lowest BCUT2D eigenvalue weighted by molar-refractivity contribution is -0.137. The van der Waals surface area contributed by atoms with Crippen LogP contribution in [0.3, 0.4) is 0 Å². The predicted octanol–water partition coefficient (Wildman–Crippen LogP) is 3.92. The van der Waals surface area contributed by atoms with E-state index in [0.29, 0.717) is 12.1 Å². The summed E-state index contributed by atoms with van der Waals surface area (Å²) in [4.78, 5) is -0.428. The molecule has 0 N–H and O–H groups in total. The Kier molecular flexibility index (Phi) is 4.15. The molecular formula is C14H10F4O3S. The Morgan fingerprint density at radius 2 is 1.59 bits per heavy atom. The van der Waals surface area contributed by atoms with Gasteiger partial charge in [0.15, 0.2) is 0 Å². The smallest absolute Gasteiger partial charge is 0.379 e. The van der Waals surface area contributed by atoms with Crippen LogP contribution in [0.1, 0.15) is 11.1 Å². The maximum Gasteiger partial charge on any atom is 0.416 e. The zero-order chi connectivity index (χ0) is 16.5. The van der Waals surface area contributed by atoms with Crippen molar-refractivity contribution in [1.82, 2.24) is 0 Å². The molecule has 0 amide bonds. The highest BCUT2D eigenvalue weighted by Gasteiger charge is 2.30. The lowest BCUT2D eigenvalue weighted by Crippen LogP contribution is -2.11. The standard InChI is InChI=1S/C14H10F4O3S/c1-9-8-11(4-7-13(9)15)21-22(19,20)12-5-2-10(3-6-12)14(16,17)18/h2-8H,1H3. The number of hydrogen-bond donors (Lipinski definition) is 0. The van der Waals surface area contributed by atoms with Gasteiger partial charge in [-0.3, -0.25) is 0 Å². The molecule has 0 radical (unpaired) electrons. The number of hydrogen-bond acceptors (Lipinski definition) is 3. The lowest BCUT2D eigenvalue weighted by Gasteiger charge is -2.10. The molecule has 118 valence electrons. The highest BCUT2D eigenvalue weighted by Crippen LogP contribution is 2.30. The second-order valence-electron chi connectivity index (χ2n) is 4.47. The Morgan fingerprint density at radius 3 is 2.09 bits per heavy atom. The van der Waals surface area contributed by atoms with Crippen molar-refractivity contribution < 1.29 is 30.2 Å². The fourth-order valence-electron chi connectivity index (χ4n) is 1.65. The SMILES string of the molecule is Cc1cc(OS(=O)(=O)c2ccc(C(F)(F)F)cc2)ccc1F. The lowest BCUT2D eigenvalue weighted by atomic mass is 10.2. The maximum absolute atomic E-state index is 13.1. The van der Waals surface area contributed by atoms with Crippen molar-refractivity contribution in [3.05, 3.63) is 59.4 Å². The van der Waals surface area contributed by atoms with Gasteiger partial charge in [-0.05, 0) is 55.0 Å². The molecule has 0 aliphatic heterocycles. The van der Waals surface area contributed by atoms with Crippen molar-refractivity contribution in [1.29, 1.82) is 0 Å². The summed E-state index contributed by atoms with van der Waals surface area (Å²) in [5.41, 5.74) is -0.788. The van der Waals surface area contributed by atoms with E-state index >= 15 is 0 Å². The number of halogens is 4. The summed E-state index contributed by atoms with van der Waals surface area (Å²) in [6, 6.07) is 6.22. The van der Waals surface area contributed by atoms with E-state index in [1.807, 2.05) is 0 Å². The molecule has 0 spiro atoms. The topological polar surface area (TPSA) is 43.4 Å². The number of aryl methyl sites for hydroxylation is 1. The van der Waals surface area contributed by atoms with E-state index in [9.17, 15) is 26.0 Å². The third kappa shape index (κ3) is 3.56. The fraction of sp³-hybridized carbons (Fsp3) is 0.143. The molecule has 2 aromatic carbocycles. The Morgan fingerprint density at radius 1 is 1.00 bits per heavy atom. The van der Waals surface area contributed by atoms with Gasteiger partial charge < -0.3 is 4.18 Å². The van der Waals surface area contributed by atoms with Crippen LogP contribution in [0.15, 0.2) is 47.4 Å². The Bertz CT molecular complexity index is 781. The first-order chi connectivity index (χ1) is 10.1. The van der Waals surface area contributed by atoms with Crippen LogP contribution in [0, 0.1) is 12.7 Å². The van der Waals surface area contributed by atoms with Gasteiger partial charge in [-0.1, -0.05) is 0 Å². The molecule has 0 aliphatic rings. The van der Waals surface area contributed by atoms with Crippen molar-refractivity contribution in [2.45, 2.75) is 18.0 Å². The predicted molar refractivity (Wildman–Crippen MR) is 70.4 cm³/mol. The van der Waals surface area contributed by atoms with Crippen LogP contribution in [0.4, 0.5) is 17.6 Å². The van der Waals surface area contributed by atoms with E-state index in [4.69, 9.17) is 4.18 Å². The highest BCUT2D eigenvalue weighted by atomic mass is 32.2. The Hall–Kier alpha value is -2.09. The van der Waals surface area contributed by atoms with Crippen LogP contribution in [0.25, 0.3) is 0 Å². The molecule has 0 saturated carbocycles. The number of alkyl halides is 3. The third-order valence-electron chi connectivity index (χ3n) is 2.81. The average molecular weight is 334 g/mol. The van der Waals surface area contributed by atoms with Gasteiger partial charge in [-0.15, -0.1) is 0 Å². The average Bonchev–Trinajstić information content (AvgIpc) is 2.42. The zero-order valence-electron chi connectivity index (χ0n) is 11.2. The minimum atomic E-state index is -4.56. The van der Waals surface area contributed by atoms with Gasteiger partial charge in [0.2, 0.25) is 0 Å². The quantitative estimate of drug-likeness (QED) is 0.631. The molecule has 0 saturated heterocycles. The minimum absolute atomic E-state index is 0.126. The largest absolute Gasteiger partial charge is 0.416 e. The molecule has 0 heterocycles. The Labute approximate surface area is 124 Å². The molecule has 0 aromatic heterocycles. The van der Waals surface area contributed by atoms with E-state index < -0.39 is 32.6 Å². The van der Waals surface area contributed by atoms with Crippen molar-refractivity contribution in [2.24, 2.45) is 0 Å². The molecular weight excluding hydrogens is 324 g/mol. The van der Waals surface area contributed by atoms with Crippen molar-refractivity contribution >= 4 is 10.1 Å². The first-order valence-electron chi connectivity index (χ1n) is 5.97. The molecule has 2 aromatic rings. The Balaban J connectivity index is 2.28. The molecule has 2 rings (SSSR count). The molecule has 0 fully saturated rings. The van der Waals surface area contributed by atoms with Crippen molar-refractivity contribution in [3.8, 4) is 5.75 Å². The summed E-state index contributed by atoms with van der Waals surface area (Å²) in [6.07, 6.45) is -4.56. The van der Waals surface area contributed by atoms with Crippen LogP contribution < -0.4 is 4.18 Å². The van der Waals surface area contributed by atoms with Crippen molar-refractivity contribution in [2.75, 3.05) is 0 Å². The van der Waals surface area contributed by atoms with Crippen LogP contribution in [0.5, 0.6) is 5.75 Å². The van der Waals surface area contributed by atoms with Crippen LogP contribution >= 0.6 is 0 Å². The van der Waals surface area contributed by atoms with E-state index in [-0.39, 0.29) is 11.3 Å². The second kappa shape index (κ2) is 5.60. The van der Waals surface area contributed by atoms with Gasteiger partial charge >= 0.3 is 16.3 Å². The molecule has 0 atom stereocenters. The van der Waals surface area contributed by atoms with Crippen molar-refractivity contribution in [3.63, 3.8) is 0 Å². The third-order valence-corrected chi connectivity index (χ3v) is 4.07. The van der Waals surface area contributed by atoms with E-state index in [0.717, 1.165) is 24.3 Å². The first-order valence-corrected chi connectivity index (χ1v) is 7.38. The van der Waals surface area contributed by atoms with Gasteiger partial charge in [0.25, 0.3) is 0 Å². The summed E-state index contributed by atoms with van der Waals surface area (Å²) in [7, 11) is -4.29. The highest BCUT2D eigenvalue weighted by molar-refractivity contribution is 7.87. The fourth-order valence-corrected chi connectivity index (χ4v) is 2.58. The van der Waals surface area contributed by atoms with Gasteiger partial charge in [0.05, 0.1) is 5.56 Å². The van der Waals surface area contributed by atoms with Crippen LogP contribution in [0.2, 0.25) is 0 Å². The second-order valence-corrected chi connectivity index (χ2v) is 6.02. The van der Waals surface area contributed by atoms with Crippen LogP contribution in [-0.4, -0.2) is 8.42 Å². The summed E-state index contributed by atoms with van der Waals surface area (Å²) in [5.74, 6) is -0.655. The van der Waals surface area contributed by atoms with E-state index in [1.54, 1.807) is 0 Å². The number of rotatable bonds is 3. The molecule has 22 heavy (non-hydrogen) atoms. The monoisotopic (exact) mass is 334 g/mol. The molecule has 8 heteroatoms. The molecule has 3 nitrogen and oxygen atoms in total. The number of benzene rings is 2. The summed E-state index contributed by atoms with van der Waals surface area (Å²) in [5, 5.41) is 0. The molecule has 0 bridgehead atoms. The van der Waals surface area contributed by atoms with Gasteiger partial charge in [0.1, 0.15) is 16.5 Å². The minimum Gasteiger partial charge on any atom is -0.379 e. The molecule has 0 unspecified atom stereocenters. The van der Waals surface area contributed by atoms with E-state index in [2.05, 4.69) is 0 Å². The zero-order valence-corrected chi connectivity index (χ0v) is 12.0. The maximum atomic E-state index is 13.1. The van der Waals surface area contributed by atoms with Gasteiger partial charge in [0, 0.05) is 0 Å². The first kappa shape index (κ1) is 16.3. The van der Waals surface area contributed by atoms with Gasteiger partial charge in [-0.2, -0.15) is 21.6 Å². The van der Waals surface area contributed by atoms with E-state index in [1.165, 1.54) is 13.0 Å². The molecule has 0 aliphatic carbocycles.